The Morgan fingerprint density at radius 2 is 2.21 bits per heavy atom. The molecule has 72 valence electrons. The molecular formula is C8H7N3OS2. The molecule has 14 heavy (non-hydrogen) atoms. The molecule has 0 aliphatic heterocycles. The van der Waals surface area contributed by atoms with Gasteiger partial charge in [-0.3, -0.25) is 5.10 Å². The van der Waals surface area contributed by atoms with Crippen molar-refractivity contribution in [2.75, 3.05) is 5.32 Å². The quantitative estimate of drug-likeness (QED) is 0.543. The van der Waals surface area contributed by atoms with Gasteiger partial charge in [-0.25, -0.2) is 0 Å². The minimum atomic E-state index is 0.189. The third-order valence-corrected chi connectivity index (χ3v) is 2.59. The maximum Gasteiger partial charge on any atom is 0.208 e. The Bertz CT molecular complexity index is 491. The summed E-state index contributed by atoms with van der Waals surface area (Å²) in [6, 6.07) is 6.95. The van der Waals surface area contributed by atoms with Crippen molar-refractivity contribution < 1.29 is 5.11 Å². The lowest BCUT2D eigenvalue weighted by molar-refractivity contribution is 0.478. The zero-order valence-corrected chi connectivity index (χ0v) is 8.65. The maximum atomic E-state index is 9.46. The van der Waals surface area contributed by atoms with E-state index in [1.165, 1.54) is 11.3 Å². The van der Waals surface area contributed by atoms with Crippen LogP contribution in [-0.4, -0.2) is 15.3 Å². The van der Waals surface area contributed by atoms with Gasteiger partial charge in [0.25, 0.3) is 0 Å². The molecule has 3 N–H and O–H groups in total. The van der Waals surface area contributed by atoms with Crippen LogP contribution < -0.4 is 5.32 Å². The Balaban J connectivity index is 2.27. The molecule has 0 aliphatic rings. The molecule has 0 amide bonds. The lowest BCUT2D eigenvalue weighted by Gasteiger charge is -2.02. The average molecular weight is 225 g/mol. The summed E-state index contributed by atoms with van der Waals surface area (Å²) in [6.07, 6.45) is 0. The van der Waals surface area contributed by atoms with Crippen LogP contribution in [0.3, 0.4) is 0 Å². The number of phenols is 1. The highest BCUT2D eigenvalue weighted by Crippen LogP contribution is 2.26. The van der Waals surface area contributed by atoms with E-state index < -0.39 is 0 Å². The molecule has 0 radical (unpaired) electrons. The van der Waals surface area contributed by atoms with E-state index in [1.807, 2.05) is 6.07 Å². The molecule has 4 nitrogen and oxygen atoms in total. The Labute approximate surface area is 89.2 Å². The monoisotopic (exact) mass is 225 g/mol. The van der Waals surface area contributed by atoms with E-state index in [2.05, 4.69) is 15.5 Å². The van der Waals surface area contributed by atoms with Gasteiger partial charge in [0.1, 0.15) is 5.75 Å². The second-order valence-corrected chi connectivity index (χ2v) is 4.23. The summed E-state index contributed by atoms with van der Waals surface area (Å²) >= 11 is 6.20. The van der Waals surface area contributed by atoms with Crippen LogP contribution in [0.1, 0.15) is 0 Å². The highest BCUT2D eigenvalue weighted by atomic mass is 32.1. The summed E-state index contributed by atoms with van der Waals surface area (Å²) in [6.45, 7) is 0. The molecule has 2 rings (SSSR count). The molecule has 0 atom stereocenters. The first-order chi connectivity index (χ1) is 6.75. The van der Waals surface area contributed by atoms with Gasteiger partial charge in [-0.15, -0.1) is 5.10 Å². The van der Waals surface area contributed by atoms with Crippen molar-refractivity contribution in [1.29, 1.82) is 0 Å². The number of anilines is 2. The van der Waals surface area contributed by atoms with Crippen molar-refractivity contribution in [2.45, 2.75) is 0 Å². The third kappa shape index (κ3) is 1.91. The van der Waals surface area contributed by atoms with Crippen LogP contribution >= 0.6 is 23.6 Å². The van der Waals surface area contributed by atoms with Gasteiger partial charge in [-0.2, -0.15) is 0 Å². The summed E-state index contributed by atoms with van der Waals surface area (Å²) in [5.74, 6) is 0.189. The number of benzene rings is 1. The minimum Gasteiger partial charge on any atom is -0.506 e. The fourth-order valence-electron chi connectivity index (χ4n) is 0.978. The zero-order valence-electron chi connectivity index (χ0n) is 7.02. The molecular weight excluding hydrogens is 218 g/mol. The van der Waals surface area contributed by atoms with Crippen LogP contribution in [0.2, 0.25) is 0 Å². The number of hydrogen-bond donors (Lipinski definition) is 3. The Kier molecular flexibility index (Phi) is 2.47. The number of aromatic nitrogens is 2. The van der Waals surface area contributed by atoms with Gasteiger partial charge >= 0.3 is 0 Å². The Morgan fingerprint density at radius 1 is 1.43 bits per heavy atom. The van der Waals surface area contributed by atoms with Gasteiger partial charge in [0.15, 0.2) is 3.95 Å². The number of nitrogens with zero attached hydrogens (tertiary/aromatic N) is 1. The number of para-hydroxylation sites is 2. The highest BCUT2D eigenvalue weighted by Gasteiger charge is 2.01. The van der Waals surface area contributed by atoms with E-state index in [1.54, 1.807) is 18.2 Å². The SMILES string of the molecule is Oc1ccccc1Nc1n[nH]c(=S)s1. The van der Waals surface area contributed by atoms with Crippen LogP contribution in [0.4, 0.5) is 10.8 Å². The van der Waals surface area contributed by atoms with E-state index in [-0.39, 0.29) is 5.75 Å². The largest absolute Gasteiger partial charge is 0.506 e. The van der Waals surface area contributed by atoms with Crippen molar-refractivity contribution in [3.8, 4) is 5.75 Å². The first kappa shape index (κ1) is 9.17. The van der Waals surface area contributed by atoms with E-state index in [9.17, 15) is 5.11 Å². The Hall–Kier alpha value is -1.40. The van der Waals surface area contributed by atoms with Crippen LogP contribution in [0.15, 0.2) is 24.3 Å². The lowest BCUT2D eigenvalue weighted by atomic mass is 10.3. The van der Waals surface area contributed by atoms with Crippen LogP contribution in [0.25, 0.3) is 0 Å². The molecule has 1 aromatic heterocycles. The number of hydrogen-bond acceptors (Lipinski definition) is 5. The van der Waals surface area contributed by atoms with Crippen molar-refractivity contribution in [3.63, 3.8) is 0 Å². The number of H-pyrrole nitrogens is 1. The smallest absolute Gasteiger partial charge is 0.208 e. The standard InChI is InChI=1S/C8H7N3OS2/c12-6-4-2-1-3-5(6)9-7-10-11-8(13)14-7/h1-4,12H,(H,9,10)(H,11,13). The molecule has 0 saturated heterocycles. The van der Waals surface area contributed by atoms with Crippen LogP contribution in [0, 0.1) is 3.95 Å². The van der Waals surface area contributed by atoms with Gasteiger partial charge in [0.05, 0.1) is 5.69 Å². The molecule has 0 bridgehead atoms. The van der Waals surface area contributed by atoms with Crippen molar-refractivity contribution in [2.24, 2.45) is 0 Å². The van der Waals surface area contributed by atoms with Crippen LogP contribution in [-0.2, 0) is 0 Å². The first-order valence-corrected chi connectivity index (χ1v) is 5.09. The number of nitrogens with one attached hydrogen (secondary N) is 2. The number of aromatic hydroxyl groups is 1. The lowest BCUT2D eigenvalue weighted by Crippen LogP contribution is -1.89. The molecule has 6 heteroatoms. The van der Waals surface area contributed by atoms with Gasteiger partial charge in [0.2, 0.25) is 5.13 Å². The summed E-state index contributed by atoms with van der Waals surface area (Å²) in [7, 11) is 0. The van der Waals surface area contributed by atoms with Gasteiger partial charge in [-0.05, 0) is 24.4 Å². The fourth-order valence-corrected chi connectivity index (χ4v) is 1.78. The average Bonchev–Trinajstić information content (AvgIpc) is 2.56. The third-order valence-electron chi connectivity index (χ3n) is 1.58. The normalized spacial score (nSPS) is 10.0. The van der Waals surface area contributed by atoms with Crippen molar-refractivity contribution in [3.05, 3.63) is 28.2 Å². The van der Waals surface area contributed by atoms with E-state index in [0.29, 0.717) is 14.8 Å². The zero-order chi connectivity index (χ0) is 9.97. The maximum absolute atomic E-state index is 9.46. The summed E-state index contributed by atoms with van der Waals surface area (Å²) in [5.41, 5.74) is 0.616. The summed E-state index contributed by atoms with van der Waals surface area (Å²) < 4.78 is 0.600. The molecule has 1 aromatic carbocycles. The number of aromatic amines is 1. The Morgan fingerprint density at radius 3 is 2.86 bits per heavy atom. The van der Waals surface area contributed by atoms with Crippen molar-refractivity contribution in [1.82, 2.24) is 10.2 Å². The van der Waals surface area contributed by atoms with E-state index in [4.69, 9.17) is 12.2 Å². The van der Waals surface area contributed by atoms with Gasteiger partial charge in [0, 0.05) is 0 Å². The topological polar surface area (TPSA) is 60.9 Å². The highest BCUT2D eigenvalue weighted by molar-refractivity contribution is 7.73. The molecule has 2 aromatic rings. The minimum absolute atomic E-state index is 0.189. The molecule has 0 fully saturated rings. The molecule has 0 aliphatic carbocycles. The fraction of sp³-hybridized carbons (Fsp3) is 0. The molecule has 1 heterocycles. The first-order valence-electron chi connectivity index (χ1n) is 3.86. The van der Waals surface area contributed by atoms with E-state index in [0.717, 1.165) is 0 Å². The molecule has 0 saturated carbocycles. The second-order valence-electron chi connectivity index (χ2n) is 2.56. The van der Waals surface area contributed by atoms with Crippen molar-refractivity contribution >= 4 is 34.4 Å². The summed E-state index contributed by atoms with van der Waals surface area (Å²) in [4.78, 5) is 0. The predicted octanol–water partition coefficient (Wildman–Crippen LogP) is 2.65. The van der Waals surface area contributed by atoms with E-state index >= 15 is 0 Å². The second kappa shape index (κ2) is 3.77. The predicted molar refractivity (Wildman–Crippen MR) is 58.7 cm³/mol. The number of phenolic OH excluding ortho intramolecular Hbond substituents is 1. The van der Waals surface area contributed by atoms with Gasteiger partial charge in [-0.1, -0.05) is 23.5 Å². The number of rotatable bonds is 2. The van der Waals surface area contributed by atoms with Gasteiger partial charge < -0.3 is 10.4 Å². The summed E-state index contributed by atoms with van der Waals surface area (Å²) in [5, 5.41) is 19.6. The molecule has 0 spiro atoms. The molecule has 0 unspecified atom stereocenters. The van der Waals surface area contributed by atoms with Crippen LogP contribution in [0.5, 0.6) is 5.75 Å².